The minimum absolute atomic E-state index is 0.0199. The average molecular weight is 631 g/mol. The quantitative estimate of drug-likeness (QED) is 0.423. The molecule has 232 valence electrons. The maximum absolute atomic E-state index is 13.8. The molecule has 14 heteroatoms. The largest absolute Gasteiger partial charge is 0.442 e. The highest BCUT2D eigenvalue weighted by Gasteiger charge is 2.40. The van der Waals surface area contributed by atoms with Crippen molar-refractivity contribution in [3.63, 3.8) is 0 Å². The number of hydrogen-bond acceptors (Lipinski definition) is 10. The first kappa shape index (κ1) is 33.6. The van der Waals surface area contributed by atoms with Crippen LogP contribution >= 0.6 is 0 Å². The van der Waals surface area contributed by atoms with Crippen molar-refractivity contribution in [2.75, 3.05) is 15.2 Å². The second-order valence-electron chi connectivity index (χ2n) is 12.4. The van der Waals surface area contributed by atoms with Gasteiger partial charge in [0.15, 0.2) is 5.82 Å². The van der Waals surface area contributed by atoms with Crippen LogP contribution in [0, 0.1) is 34.5 Å². The lowest BCUT2D eigenvalue weighted by molar-refractivity contribution is 0.0523. The zero-order valence-electron chi connectivity index (χ0n) is 25.9. The van der Waals surface area contributed by atoms with Gasteiger partial charge >= 0.3 is 6.09 Å². The zero-order valence-corrected chi connectivity index (χ0v) is 27.5. The van der Waals surface area contributed by atoms with E-state index in [9.17, 15) is 32.2 Å². The summed E-state index contributed by atoms with van der Waals surface area (Å²) >= 11 is 0. The molecule has 0 atom stereocenters. The van der Waals surface area contributed by atoms with Crippen LogP contribution in [0.1, 0.15) is 73.8 Å². The van der Waals surface area contributed by atoms with E-state index in [-0.39, 0.29) is 22.0 Å². The fourth-order valence-corrected chi connectivity index (χ4v) is 9.42. The van der Waals surface area contributed by atoms with Crippen molar-refractivity contribution in [3.8, 4) is 12.1 Å². The van der Waals surface area contributed by atoms with E-state index in [4.69, 9.17) is 4.74 Å². The molecule has 0 saturated heterocycles. The van der Waals surface area contributed by atoms with Crippen LogP contribution in [0.15, 0.2) is 40.7 Å². The van der Waals surface area contributed by atoms with Crippen LogP contribution in [-0.2, 0) is 24.8 Å². The molecule has 43 heavy (non-hydrogen) atoms. The molecule has 0 bridgehead atoms. The van der Waals surface area contributed by atoms with Gasteiger partial charge in [0.05, 0.1) is 46.2 Å². The van der Waals surface area contributed by atoms with E-state index in [0.29, 0.717) is 20.7 Å². The number of dihydropyridines is 1. The lowest BCUT2D eigenvalue weighted by Gasteiger charge is -2.26. The number of benzene rings is 1. The zero-order chi connectivity index (χ0) is 32.7. The molecule has 3 rings (SSSR count). The highest BCUT2D eigenvalue weighted by molar-refractivity contribution is 8.10. The van der Waals surface area contributed by atoms with Gasteiger partial charge in [0, 0.05) is 16.8 Å². The molecular weight excluding hydrogens is 592 g/mol. The number of fused-ring (bicyclic) bond motifs is 1. The van der Waals surface area contributed by atoms with E-state index < -0.39 is 66.8 Å². The Morgan fingerprint density at radius 3 is 1.91 bits per heavy atom. The highest BCUT2D eigenvalue weighted by atomic mass is 32.3. The van der Waals surface area contributed by atoms with Crippen LogP contribution < -0.4 is 9.03 Å². The fourth-order valence-electron chi connectivity index (χ4n) is 4.92. The summed E-state index contributed by atoms with van der Waals surface area (Å²) in [5.74, 6) is -3.17. The third kappa shape index (κ3) is 7.03. The molecule has 1 aliphatic heterocycles. The van der Waals surface area contributed by atoms with Gasteiger partial charge in [0.2, 0.25) is 20.0 Å². The molecule has 1 aromatic heterocycles. The van der Waals surface area contributed by atoms with E-state index >= 15 is 0 Å². The number of aromatic nitrogens is 2. The standard InChI is InChI=1S/C29H38N6O6S2/c1-17(2)15-42(37,38)35(43(39,40)16-18(3)4)27-22-12-21(26-23(13-30)19(5)32-20(6)24(26)14-31)10-11-25(22)34(33-27)28(36)41-29(7,8)9/h10-12,17-18,26,32H,15-16H2,1-9H3. The predicted octanol–water partition coefficient (Wildman–Crippen LogP) is 4.88. The smallest absolute Gasteiger partial charge is 0.435 e. The van der Waals surface area contributed by atoms with Crippen LogP contribution in [0.4, 0.5) is 10.6 Å². The van der Waals surface area contributed by atoms with E-state index in [1.165, 1.54) is 12.1 Å². The molecule has 0 unspecified atom stereocenters. The van der Waals surface area contributed by atoms with E-state index in [2.05, 4.69) is 22.6 Å². The summed E-state index contributed by atoms with van der Waals surface area (Å²) < 4.78 is 61.7. The van der Waals surface area contributed by atoms with Gasteiger partial charge in [-0.05, 0) is 64.2 Å². The summed E-state index contributed by atoms with van der Waals surface area (Å²) in [7, 11) is -9.04. The molecule has 12 nitrogen and oxygen atoms in total. The number of nitrogens with zero attached hydrogens (tertiary/aromatic N) is 5. The first-order valence-electron chi connectivity index (χ1n) is 13.7. The van der Waals surface area contributed by atoms with Crippen LogP contribution in [0.3, 0.4) is 0 Å². The molecule has 2 aromatic rings. The summed E-state index contributed by atoms with van der Waals surface area (Å²) in [6.07, 6.45) is -0.942. The number of carbonyl (C=O) groups is 1. The summed E-state index contributed by atoms with van der Waals surface area (Å²) in [6, 6.07) is 8.84. The van der Waals surface area contributed by atoms with E-state index in [0.717, 1.165) is 4.68 Å². The summed E-state index contributed by atoms with van der Waals surface area (Å²) in [5, 5.41) is 27.3. The van der Waals surface area contributed by atoms with Crippen LogP contribution in [0.25, 0.3) is 10.9 Å². The van der Waals surface area contributed by atoms with Gasteiger partial charge < -0.3 is 10.1 Å². The molecule has 0 spiro atoms. The van der Waals surface area contributed by atoms with Crippen molar-refractivity contribution in [2.24, 2.45) is 11.8 Å². The third-order valence-electron chi connectivity index (χ3n) is 6.35. The predicted molar refractivity (Wildman–Crippen MR) is 164 cm³/mol. The number of nitrogens with one attached hydrogen (secondary N) is 1. The Hall–Kier alpha value is -3.88. The Balaban J connectivity index is 2.48. The molecular formula is C29H38N6O6S2. The third-order valence-corrected chi connectivity index (χ3v) is 11.2. The van der Waals surface area contributed by atoms with Crippen molar-refractivity contribution >= 4 is 42.9 Å². The summed E-state index contributed by atoms with van der Waals surface area (Å²) in [6.45, 7) is 14.9. The normalized spacial score (nSPS) is 15.1. The van der Waals surface area contributed by atoms with Gasteiger partial charge in [-0.3, -0.25) is 0 Å². The van der Waals surface area contributed by atoms with Crippen molar-refractivity contribution in [3.05, 3.63) is 46.3 Å². The van der Waals surface area contributed by atoms with Gasteiger partial charge in [-0.15, -0.1) is 8.81 Å². The maximum atomic E-state index is 13.8. The Kier molecular flexibility index (Phi) is 9.39. The van der Waals surface area contributed by atoms with Crippen molar-refractivity contribution < 1.29 is 26.4 Å². The van der Waals surface area contributed by atoms with Crippen molar-refractivity contribution in [2.45, 2.75) is 73.8 Å². The van der Waals surface area contributed by atoms with Gasteiger partial charge in [-0.1, -0.05) is 33.8 Å². The molecule has 1 N–H and O–H groups in total. The first-order valence-corrected chi connectivity index (χ1v) is 17.0. The number of carbonyl (C=O) groups excluding carboxylic acids is 1. The summed E-state index contributed by atoms with van der Waals surface area (Å²) in [4.78, 5) is 13.3. The number of nitriles is 2. The molecule has 1 aromatic carbocycles. The molecule has 1 aliphatic rings. The second kappa shape index (κ2) is 12.0. The average Bonchev–Trinajstić information content (AvgIpc) is 3.18. The van der Waals surface area contributed by atoms with Crippen molar-refractivity contribution in [1.29, 1.82) is 10.5 Å². The Labute approximate surface area is 253 Å². The number of allylic oxidation sites excluding steroid dienone is 4. The monoisotopic (exact) mass is 630 g/mol. The number of sulfonamides is 2. The number of ether oxygens (including phenoxy) is 1. The second-order valence-corrected chi connectivity index (χ2v) is 16.3. The van der Waals surface area contributed by atoms with Gasteiger partial charge in [0.25, 0.3) is 0 Å². The van der Waals surface area contributed by atoms with Crippen molar-refractivity contribution in [1.82, 2.24) is 15.1 Å². The van der Waals surface area contributed by atoms with Crippen LogP contribution in [-0.4, -0.2) is 49.8 Å². The van der Waals surface area contributed by atoms with Gasteiger partial charge in [-0.2, -0.15) is 15.2 Å². The number of hydrogen-bond donors (Lipinski definition) is 1. The minimum atomic E-state index is -4.52. The highest BCUT2D eigenvalue weighted by Crippen LogP contribution is 2.40. The topological polar surface area (TPSA) is 175 Å². The fraction of sp³-hybridized carbons (Fsp3) is 0.517. The molecule has 0 radical (unpaired) electrons. The molecule has 0 aliphatic carbocycles. The number of anilines is 1. The Morgan fingerprint density at radius 1 is 1.00 bits per heavy atom. The van der Waals surface area contributed by atoms with E-state index in [1.54, 1.807) is 68.4 Å². The van der Waals surface area contributed by atoms with E-state index in [1.807, 2.05) is 0 Å². The molecule has 2 heterocycles. The van der Waals surface area contributed by atoms with Crippen LogP contribution in [0.2, 0.25) is 0 Å². The Morgan fingerprint density at radius 2 is 1.49 bits per heavy atom. The summed E-state index contributed by atoms with van der Waals surface area (Å²) in [5.41, 5.74) is 1.16. The molecule has 0 fully saturated rings. The maximum Gasteiger partial charge on any atom is 0.435 e. The minimum Gasteiger partial charge on any atom is -0.442 e. The SMILES string of the molecule is CC1=C(C#N)C(c2ccc3c(c2)c(N(S(=O)(=O)CC(C)C)S(=O)(=O)CC(C)C)nn3C(=O)OC(C)(C)C)C(C#N)=C(C)N1. The lowest BCUT2D eigenvalue weighted by atomic mass is 9.81. The Bertz CT molecular complexity index is 1740. The molecule has 0 saturated carbocycles. The lowest BCUT2D eigenvalue weighted by Crippen LogP contribution is -2.42. The molecule has 0 amide bonds. The van der Waals surface area contributed by atoms with Gasteiger partial charge in [0.1, 0.15) is 5.60 Å². The number of rotatable bonds is 8. The van der Waals surface area contributed by atoms with Crippen LogP contribution in [0.5, 0.6) is 0 Å². The van der Waals surface area contributed by atoms with Gasteiger partial charge in [-0.25, -0.2) is 21.6 Å². The first-order chi connectivity index (χ1) is 19.7.